The number of hydrogen-bond donors (Lipinski definition) is 1. The first-order chi connectivity index (χ1) is 8.29. The predicted molar refractivity (Wildman–Crippen MR) is 74.2 cm³/mol. The molecule has 96 valence electrons. The third-order valence-electron chi connectivity index (χ3n) is 3.18. The second-order valence-electron chi connectivity index (χ2n) is 4.73. The fourth-order valence-corrected chi connectivity index (χ4v) is 2.16. The summed E-state index contributed by atoms with van der Waals surface area (Å²) in [6.45, 7) is 7.73. The largest absolute Gasteiger partial charge is 0.310 e. The molecule has 0 saturated heterocycles. The molecule has 0 radical (unpaired) electrons. The van der Waals surface area contributed by atoms with Crippen molar-refractivity contribution in [2.75, 3.05) is 6.54 Å². The van der Waals surface area contributed by atoms with Gasteiger partial charge in [-0.15, -0.1) is 0 Å². The number of aromatic nitrogens is 1. The molecule has 1 atom stereocenters. The summed E-state index contributed by atoms with van der Waals surface area (Å²) in [6.07, 6.45) is 10.2. The molecule has 1 unspecified atom stereocenters. The van der Waals surface area contributed by atoms with E-state index < -0.39 is 0 Å². The zero-order valence-electron chi connectivity index (χ0n) is 11.5. The van der Waals surface area contributed by atoms with Crippen LogP contribution in [0.3, 0.4) is 0 Å². The number of nitrogens with one attached hydrogen (secondary N) is 1. The second kappa shape index (κ2) is 8.24. The lowest BCUT2D eigenvalue weighted by Crippen LogP contribution is -2.23. The second-order valence-corrected chi connectivity index (χ2v) is 4.73. The van der Waals surface area contributed by atoms with Gasteiger partial charge in [0.2, 0.25) is 0 Å². The molecule has 0 aliphatic carbocycles. The zero-order valence-corrected chi connectivity index (χ0v) is 11.5. The molecular formula is C15H26N2. The Hall–Kier alpha value is -0.890. The van der Waals surface area contributed by atoms with Crippen molar-refractivity contribution in [3.05, 3.63) is 29.6 Å². The molecule has 0 fully saturated rings. The molecule has 0 aromatic carbocycles. The van der Waals surface area contributed by atoms with Crippen LogP contribution in [0.5, 0.6) is 0 Å². The Morgan fingerprint density at radius 1 is 1.24 bits per heavy atom. The van der Waals surface area contributed by atoms with E-state index in [0.29, 0.717) is 6.04 Å². The van der Waals surface area contributed by atoms with Crippen molar-refractivity contribution in [2.24, 2.45) is 0 Å². The molecule has 0 aliphatic heterocycles. The van der Waals surface area contributed by atoms with Gasteiger partial charge in [-0.3, -0.25) is 4.98 Å². The maximum absolute atomic E-state index is 4.18. The quantitative estimate of drug-likeness (QED) is 0.687. The van der Waals surface area contributed by atoms with Crippen LogP contribution >= 0.6 is 0 Å². The Kier molecular flexibility index (Phi) is 6.87. The molecule has 17 heavy (non-hydrogen) atoms. The van der Waals surface area contributed by atoms with Crippen LogP contribution in [0.4, 0.5) is 0 Å². The van der Waals surface area contributed by atoms with E-state index in [1.54, 1.807) is 0 Å². The number of nitrogens with zero attached hydrogens (tertiary/aromatic N) is 1. The molecular weight excluding hydrogens is 208 g/mol. The lowest BCUT2D eigenvalue weighted by atomic mass is 9.98. The van der Waals surface area contributed by atoms with E-state index in [4.69, 9.17) is 0 Å². The van der Waals surface area contributed by atoms with Crippen molar-refractivity contribution in [1.29, 1.82) is 0 Å². The van der Waals surface area contributed by atoms with Crippen LogP contribution in [0.1, 0.15) is 63.1 Å². The summed E-state index contributed by atoms with van der Waals surface area (Å²) in [5.41, 5.74) is 2.72. The first kappa shape index (κ1) is 14.2. The van der Waals surface area contributed by atoms with Gasteiger partial charge in [0.05, 0.1) is 0 Å². The first-order valence-corrected chi connectivity index (χ1v) is 6.93. The van der Waals surface area contributed by atoms with Crippen LogP contribution in [-0.4, -0.2) is 11.5 Å². The van der Waals surface area contributed by atoms with E-state index in [1.165, 1.54) is 43.2 Å². The minimum absolute atomic E-state index is 0.504. The molecule has 1 heterocycles. The SMILES string of the molecule is CCCCCC(NCCC)c1ccncc1C. The van der Waals surface area contributed by atoms with Gasteiger partial charge < -0.3 is 5.32 Å². The highest BCUT2D eigenvalue weighted by Crippen LogP contribution is 2.22. The smallest absolute Gasteiger partial charge is 0.0323 e. The van der Waals surface area contributed by atoms with Gasteiger partial charge in [-0.1, -0.05) is 33.1 Å². The predicted octanol–water partition coefficient (Wildman–Crippen LogP) is 4.01. The van der Waals surface area contributed by atoms with Gasteiger partial charge in [-0.2, -0.15) is 0 Å². The Morgan fingerprint density at radius 2 is 2.06 bits per heavy atom. The van der Waals surface area contributed by atoms with E-state index in [-0.39, 0.29) is 0 Å². The standard InChI is InChI=1S/C15H26N2/c1-4-6-7-8-15(17-10-5-2)14-9-11-16-12-13(14)3/h9,11-12,15,17H,4-8,10H2,1-3H3. The first-order valence-electron chi connectivity index (χ1n) is 6.93. The Morgan fingerprint density at radius 3 is 2.71 bits per heavy atom. The zero-order chi connectivity index (χ0) is 12.5. The van der Waals surface area contributed by atoms with Crippen molar-refractivity contribution in [3.63, 3.8) is 0 Å². The van der Waals surface area contributed by atoms with E-state index in [2.05, 4.69) is 37.1 Å². The number of rotatable bonds is 8. The van der Waals surface area contributed by atoms with E-state index in [1.807, 2.05) is 12.4 Å². The highest BCUT2D eigenvalue weighted by Gasteiger charge is 2.12. The van der Waals surface area contributed by atoms with Gasteiger partial charge in [0.1, 0.15) is 0 Å². The lowest BCUT2D eigenvalue weighted by Gasteiger charge is -2.20. The van der Waals surface area contributed by atoms with E-state index >= 15 is 0 Å². The minimum Gasteiger partial charge on any atom is -0.310 e. The number of pyridine rings is 1. The monoisotopic (exact) mass is 234 g/mol. The minimum atomic E-state index is 0.504. The van der Waals surface area contributed by atoms with Crippen LogP contribution in [0.15, 0.2) is 18.5 Å². The normalized spacial score (nSPS) is 12.6. The molecule has 0 bridgehead atoms. The number of hydrogen-bond acceptors (Lipinski definition) is 2. The van der Waals surface area contributed by atoms with Crippen LogP contribution in [0.2, 0.25) is 0 Å². The summed E-state index contributed by atoms with van der Waals surface area (Å²) in [7, 11) is 0. The highest BCUT2D eigenvalue weighted by atomic mass is 14.9. The average Bonchev–Trinajstić information content (AvgIpc) is 2.35. The van der Waals surface area contributed by atoms with E-state index in [9.17, 15) is 0 Å². The fourth-order valence-electron chi connectivity index (χ4n) is 2.16. The van der Waals surface area contributed by atoms with Crippen LogP contribution in [0, 0.1) is 6.92 Å². The van der Waals surface area contributed by atoms with Crippen molar-refractivity contribution >= 4 is 0 Å². The summed E-state index contributed by atoms with van der Waals surface area (Å²) in [6, 6.07) is 2.67. The maximum Gasteiger partial charge on any atom is 0.0323 e. The summed E-state index contributed by atoms with van der Waals surface area (Å²) in [5.74, 6) is 0. The Labute approximate surface area is 106 Å². The number of aryl methyl sites for hydroxylation is 1. The van der Waals surface area contributed by atoms with Gasteiger partial charge in [0, 0.05) is 18.4 Å². The third kappa shape index (κ3) is 4.86. The lowest BCUT2D eigenvalue weighted by molar-refractivity contribution is 0.472. The van der Waals surface area contributed by atoms with Crippen LogP contribution in [-0.2, 0) is 0 Å². The molecule has 2 nitrogen and oxygen atoms in total. The third-order valence-corrected chi connectivity index (χ3v) is 3.18. The van der Waals surface area contributed by atoms with Crippen molar-refractivity contribution in [2.45, 2.75) is 58.9 Å². The molecule has 1 rings (SSSR count). The summed E-state index contributed by atoms with van der Waals surface area (Å²) in [4.78, 5) is 4.18. The summed E-state index contributed by atoms with van der Waals surface area (Å²) in [5, 5.41) is 3.66. The highest BCUT2D eigenvalue weighted by molar-refractivity contribution is 5.25. The van der Waals surface area contributed by atoms with Gasteiger partial charge in [0.15, 0.2) is 0 Å². The molecule has 0 amide bonds. The van der Waals surface area contributed by atoms with Crippen molar-refractivity contribution < 1.29 is 0 Å². The van der Waals surface area contributed by atoms with Crippen molar-refractivity contribution in [3.8, 4) is 0 Å². The van der Waals surface area contributed by atoms with Crippen molar-refractivity contribution in [1.82, 2.24) is 10.3 Å². The van der Waals surface area contributed by atoms with Crippen LogP contribution in [0.25, 0.3) is 0 Å². The summed E-state index contributed by atoms with van der Waals surface area (Å²) >= 11 is 0. The molecule has 0 aliphatic rings. The molecule has 0 saturated carbocycles. The van der Waals surface area contributed by atoms with Gasteiger partial charge in [-0.05, 0) is 43.5 Å². The fraction of sp³-hybridized carbons (Fsp3) is 0.667. The average molecular weight is 234 g/mol. The Balaban J connectivity index is 2.64. The molecule has 1 aromatic rings. The molecule has 1 N–H and O–H groups in total. The molecule has 2 heteroatoms. The molecule has 0 spiro atoms. The summed E-state index contributed by atoms with van der Waals surface area (Å²) < 4.78 is 0. The maximum atomic E-state index is 4.18. The van der Waals surface area contributed by atoms with Crippen LogP contribution < -0.4 is 5.32 Å². The molecule has 1 aromatic heterocycles. The van der Waals surface area contributed by atoms with Gasteiger partial charge >= 0.3 is 0 Å². The van der Waals surface area contributed by atoms with E-state index in [0.717, 1.165) is 6.54 Å². The Bertz CT molecular complexity index is 310. The number of unbranched alkanes of at least 4 members (excludes halogenated alkanes) is 2. The van der Waals surface area contributed by atoms with Gasteiger partial charge in [-0.25, -0.2) is 0 Å². The van der Waals surface area contributed by atoms with Gasteiger partial charge in [0.25, 0.3) is 0 Å². The topological polar surface area (TPSA) is 24.9 Å².